The molecule has 2 aromatic heterocycles. The lowest BCUT2D eigenvalue weighted by Gasteiger charge is -2.19. The highest BCUT2D eigenvalue weighted by molar-refractivity contribution is 5.39. The molecule has 5 heteroatoms. The van der Waals surface area contributed by atoms with Crippen LogP contribution >= 0.6 is 0 Å². The minimum atomic E-state index is -0.184. The number of fused-ring (bicyclic) bond motifs is 1. The molecule has 0 atom stereocenters. The molecule has 0 saturated heterocycles. The summed E-state index contributed by atoms with van der Waals surface area (Å²) in [6, 6.07) is 1.91. The summed E-state index contributed by atoms with van der Waals surface area (Å²) in [6.07, 6.45) is 1.75. The Morgan fingerprint density at radius 1 is 1.40 bits per heavy atom. The molecule has 0 bridgehead atoms. The van der Waals surface area contributed by atoms with Gasteiger partial charge in [-0.1, -0.05) is 13.8 Å². The van der Waals surface area contributed by atoms with Gasteiger partial charge in [0, 0.05) is 23.7 Å². The third-order valence-corrected chi connectivity index (χ3v) is 2.55. The fraction of sp³-hybridized carbons (Fsp3) is 0.500. The Bertz CT molecular complexity index is 486. The van der Waals surface area contributed by atoms with Gasteiger partial charge in [-0.15, -0.1) is 10.2 Å². The summed E-state index contributed by atoms with van der Waals surface area (Å²) in [5.74, 6) is 0.854. The van der Waals surface area contributed by atoms with E-state index < -0.39 is 0 Å². The SMILES string of the molecule is Cc1cc2nnc(C(C)(C)CN)n2cn1. The molecule has 2 heterocycles. The van der Waals surface area contributed by atoms with Crippen molar-refractivity contribution in [2.75, 3.05) is 6.54 Å². The van der Waals surface area contributed by atoms with E-state index in [9.17, 15) is 0 Å². The van der Waals surface area contributed by atoms with E-state index in [1.165, 1.54) is 0 Å². The number of hydrogen-bond donors (Lipinski definition) is 1. The van der Waals surface area contributed by atoms with E-state index >= 15 is 0 Å². The number of aryl methyl sites for hydroxylation is 1. The van der Waals surface area contributed by atoms with Crippen LogP contribution in [0.3, 0.4) is 0 Å². The highest BCUT2D eigenvalue weighted by Crippen LogP contribution is 2.20. The first-order chi connectivity index (χ1) is 7.04. The second-order valence-corrected chi connectivity index (χ2v) is 4.37. The van der Waals surface area contributed by atoms with Crippen LogP contribution in [0.5, 0.6) is 0 Å². The first-order valence-corrected chi connectivity index (χ1v) is 4.92. The van der Waals surface area contributed by atoms with Crippen LogP contribution in [0.15, 0.2) is 12.4 Å². The minimum Gasteiger partial charge on any atom is -0.329 e. The van der Waals surface area contributed by atoms with Gasteiger partial charge in [0.05, 0.1) is 0 Å². The Morgan fingerprint density at radius 3 is 2.80 bits per heavy atom. The van der Waals surface area contributed by atoms with Crippen LogP contribution in [0.1, 0.15) is 25.4 Å². The smallest absolute Gasteiger partial charge is 0.163 e. The summed E-state index contributed by atoms with van der Waals surface area (Å²) in [5.41, 5.74) is 7.29. The summed E-state index contributed by atoms with van der Waals surface area (Å²) >= 11 is 0. The first-order valence-electron chi connectivity index (χ1n) is 4.92. The van der Waals surface area contributed by atoms with E-state index in [1.54, 1.807) is 6.33 Å². The van der Waals surface area contributed by atoms with Gasteiger partial charge in [0.25, 0.3) is 0 Å². The Hall–Kier alpha value is -1.49. The molecule has 80 valence electrons. The highest BCUT2D eigenvalue weighted by atomic mass is 15.3. The van der Waals surface area contributed by atoms with Crippen molar-refractivity contribution < 1.29 is 0 Å². The lowest BCUT2D eigenvalue weighted by atomic mass is 9.93. The Labute approximate surface area is 88.3 Å². The Kier molecular flexibility index (Phi) is 2.19. The zero-order valence-electron chi connectivity index (χ0n) is 9.23. The van der Waals surface area contributed by atoms with Crippen LogP contribution in [0.25, 0.3) is 5.65 Å². The predicted molar refractivity (Wildman–Crippen MR) is 57.6 cm³/mol. The van der Waals surface area contributed by atoms with Gasteiger partial charge in [-0.3, -0.25) is 4.40 Å². The van der Waals surface area contributed by atoms with E-state index in [-0.39, 0.29) is 5.41 Å². The van der Waals surface area contributed by atoms with Gasteiger partial charge in [-0.25, -0.2) is 4.98 Å². The second-order valence-electron chi connectivity index (χ2n) is 4.37. The lowest BCUT2D eigenvalue weighted by Crippen LogP contribution is -2.30. The predicted octanol–water partition coefficient (Wildman–Crippen LogP) is 0.669. The number of rotatable bonds is 2. The van der Waals surface area contributed by atoms with E-state index in [4.69, 9.17) is 5.73 Å². The van der Waals surface area contributed by atoms with Crippen molar-refractivity contribution in [3.63, 3.8) is 0 Å². The third-order valence-electron chi connectivity index (χ3n) is 2.55. The maximum Gasteiger partial charge on any atom is 0.163 e. The molecule has 0 aliphatic heterocycles. The maximum atomic E-state index is 5.72. The molecule has 0 radical (unpaired) electrons. The zero-order chi connectivity index (χ0) is 11.1. The molecule has 5 nitrogen and oxygen atoms in total. The van der Waals surface area contributed by atoms with Gasteiger partial charge < -0.3 is 5.73 Å². The largest absolute Gasteiger partial charge is 0.329 e. The fourth-order valence-corrected chi connectivity index (χ4v) is 1.44. The fourth-order valence-electron chi connectivity index (χ4n) is 1.44. The molecule has 0 fully saturated rings. The van der Waals surface area contributed by atoms with Gasteiger partial charge >= 0.3 is 0 Å². The number of nitrogens with zero attached hydrogens (tertiary/aromatic N) is 4. The topological polar surface area (TPSA) is 69.1 Å². The maximum absolute atomic E-state index is 5.72. The molecule has 0 saturated carbocycles. The highest BCUT2D eigenvalue weighted by Gasteiger charge is 2.24. The molecule has 0 aliphatic carbocycles. The number of hydrogen-bond acceptors (Lipinski definition) is 4. The standard InChI is InChI=1S/C10H15N5/c1-7-4-8-13-14-9(10(2,3)5-11)15(8)6-12-7/h4,6H,5,11H2,1-3H3. The van der Waals surface area contributed by atoms with Crippen molar-refractivity contribution in [3.8, 4) is 0 Å². The monoisotopic (exact) mass is 205 g/mol. The van der Waals surface area contributed by atoms with Crippen molar-refractivity contribution in [2.45, 2.75) is 26.2 Å². The zero-order valence-corrected chi connectivity index (χ0v) is 9.23. The van der Waals surface area contributed by atoms with Crippen molar-refractivity contribution >= 4 is 5.65 Å². The van der Waals surface area contributed by atoms with Crippen LogP contribution in [-0.2, 0) is 5.41 Å². The van der Waals surface area contributed by atoms with Gasteiger partial charge in [-0.05, 0) is 6.92 Å². The molecule has 0 unspecified atom stereocenters. The van der Waals surface area contributed by atoms with Gasteiger partial charge in [-0.2, -0.15) is 0 Å². The van der Waals surface area contributed by atoms with Crippen LogP contribution in [0, 0.1) is 6.92 Å². The molecular formula is C10H15N5. The number of nitrogens with two attached hydrogens (primary N) is 1. The van der Waals surface area contributed by atoms with Gasteiger partial charge in [0.1, 0.15) is 12.2 Å². The lowest BCUT2D eigenvalue weighted by molar-refractivity contribution is 0.496. The average Bonchev–Trinajstić information content (AvgIpc) is 2.61. The molecule has 2 N–H and O–H groups in total. The molecular weight excluding hydrogens is 190 g/mol. The Balaban J connectivity index is 2.64. The summed E-state index contributed by atoms with van der Waals surface area (Å²) < 4.78 is 1.89. The molecule has 15 heavy (non-hydrogen) atoms. The van der Waals surface area contributed by atoms with E-state index in [2.05, 4.69) is 15.2 Å². The summed E-state index contributed by atoms with van der Waals surface area (Å²) in [4.78, 5) is 4.23. The van der Waals surface area contributed by atoms with Gasteiger partial charge in [0.2, 0.25) is 0 Å². The minimum absolute atomic E-state index is 0.184. The summed E-state index contributed by atoms with van der Waals surface area (Å²) in [6.45, 7) is 6.55. The third kappa shape index (κ3) is 1.59. The van der Waals surface area contributed by atoms with Crippen LogP contribution in [-0.4, -0.2) is 26.1 Å². The summed E-state index contributed by atoms with van der Waals surface area (Å²) in [7, 11) is 0. The van der Waals surface area contributed by atoms with Crippen molar-refractivity contribution in [3.05, 3.63) is 23.9 Å². The van der Waals surface area contributed by atoms with E-state index in [0.717, 1.165) is 17.2 Å². The first kappa shape index (κ1) is 10.0. The molecule has 2 aromatic rings. The van der Waals surface area contributed by atoms with Gasteiger partial charge in [0.15, 0.2) is 5.65 Å². The normalized spacial score (nSPS) is 12.3. The quantitative estimate of drug-likeness (QED) is 0.782. The van der Waals surface area contributed by atoms with E-state index in [0.29, 0.717) is 6.54 Å². The van der Waals surface area contributed by atoms with E-state index in [1.807, 2.05) is 31.2 Å². The van der Waals surface area contributed by atoms with Crippen molar-refractivity contribution in [1.82, 2.24) is 19.6 Å². The summed E-state index contributed by atoms with van der Waals surface area (Å²) in [5, 5.41) is 8.28. The number of aromatic nitrogens is 4. The molecule has 0 aliphatic rings. The van der Waals surface area contributed by atoms with Crippen LogP contribution in [0.4, 0.5) is 0 Å². The van der Waals surface area contributed by atoms with Crippen LogP contribution < -0.4 is 5.73 Å². The molecule has 0 aromatic carbocycles. The van der Waals surface area contributed by atoms with Crippen molar-refractivity contribution in [2.24, 2.45) is 5.73 Å². The molecule has 0 amide bonds. The molecule has 2 rings (SSSR count). The average molecular weight is 205 g/mol. The molecule has 0 spiro atoms. The van der Waals surface area contributed by atoms with Crippen molar-refractivity contribution in [1.29, 1.82) is 0 Å². The second kappa shape index (κ2) is 3.27. The Morgan fingerprint density at radius 2 is 2.13 bits per heavy atom. The van der Waals surface area contributed by atoms with Crippen LogP contribution in [0.2, 0.25) is 0 Å².